The number of hydrogen-bond donors (Lipinski definition) is 2. The Morgan fingerprint density at radius 3 is 2.70 bits per heavy atom. The van der Waals surface area contributed by atoms with Crippen molar-refractivity contribution in [1.29, 1.82) is 0 Å². The number of rotatable bonds is 5. The maximum atomic E-state index is 12.1. The van der Waals surface area contributed by atoms with E-state index in [4.69, 9.17) is 11.6 Å². The van der Waals surface area contributed by atoms with Crippen molar-refractivity contribution in [3.05, 3.63) is 34.9 Å². The van der Waals surface area contributed by atoms with Gasteiger partial charge in [0.1, 0.15) is 0 Å². The molecule has 1 amide bonds. The summed E-state index contributed by atoms with van der Waals surface area (Å²) >= 11 is 6.04. The zero-order valence-electron chi connectivity index (χ0n) is 11.7. The Labute approximate surface area is 124 Å². The molecule has 1 fully saturated rings. The van der Waals surface area contributed by atoms with E-state index < -0.39 is 6.10 Å². The van der Waals surface area contributed by atoms with Gasteiger partial charge in [-0.15, -0.1) is 0 Å². The van der Waals surface area contributed by atoms with Crippen LogP contribution in [-0.4, -0.2) is 41.6 Å². The maximum absolute atomic E-state index is 12.1. The van der Waals surface area contributed by atoms with Gasteiger partial charge < -0.3 is 15.3 Å². The number of aliphatic hydroxyl groups excluding tert-OH is 1. The minimum absolute atomic E-state index is 0.105. The summed E-state index contributed by atoms with van der Waals surface area (Å²) in [5.74, 6) is 0.105. The van der Waals surface area contributed by atoms with E-state index in [1.54, 1.807) is 12.1 Å². The number of likely N-dealkylation sites (tertiary alicyclic amines) is 1. The van der Waals surface area contributed by atoms with Crippen LogP contribution in [0.1, 0.15) is 31.4 Å². The summed E-state index contributed by atoms with van der Waals surface area (Å²) < 4.78 is 0. The summed E-state index contributed by atoms with van der Waals surface area (Å²) in [4.78, 5) is 14.0. The molecule has 1 saturated heterocycles. The third kappa shape index (κ3) is 3.72. The van der Waals surface area contributed by atoms with Crippen LogP contribution < -0.4 is 5.32 Å². The van der Waals surface area contributed by atoms with Gasteiger partial charge in [0.15, 0.2) is 0 Å². The van der Waals surface area contributed by atoms with Crippen LogP contribution in [-0.2, 0) is 4.79 Å². The van der Waals surface area contributed by atoms with Gasteiger partial charge in [-0.05, 0) is 25.8 Å². The van der Waals surface area contributed by atoms with E-state index >= 15 is 0 Å². The van der Waals surface area contributed by atoms with Crippen LogP contribution in [0.5, 0.6) is 0 Å². The molecule has 0 aromatic heterocycles. The highest BCUT2D eigenvalue weighted by molar-refractivity contribution is 6.31. The fraction of sp³-hybridized carbons (Fsp3) is 0.533. The molecule has 5 heteroatoms. The van der Waals surface area contributed by atoms with Gasteiger partial charge in [0.2, 0.25) is 5.91 Å². The average Bonchev–Trinajstić information content (AvgIpc) is 2.98. The van der Waals surface area contributed by atoms with E-state index in [0.717, 1.165) is 25.9 Å². The largest absolute Gasteiger partial charge is 0.387 e. The zero-order chi connectivity index (χ0) is 14.5. The first-order valence-corrected chi connectivity index (χ1v) is 7.42. The number of benzene rings is 1. The predicted octanol–water partition coefficient (Wildman–Crippen LogP) is 1.97. The topological polar surface area (TPSA) is 52.6 Å². The molecule has 1 heterocycles. The lowest BCUT2D eigenvalue weighted by molar-refractivity contribution is -0.132. The zero-order valence-corrected chi connectivity index (χ0v) is 12.4. The summed E-state index contributed by atoms with van der Waals surface area (Å²) in [7, 11) is 0. The first-order valence-electron chi connectivity index (χ1n) is 7.04. The molecule has 1 aliphatic heterocycles. The maximum Gasteiger partial charge on any atom is 0.239 e. The Morgan fingerprint density at radius 1 is 1.40 bits per heavy atom. The summed E-state index contributed by atoms with van der Waals surface area (Å²) in [5, 5.41) is 13.8. The summed E-state index contributed by atoms with van der Waals surface area (Å²) in [5.41, 5.74) is 0.683. The number of carbonyl (C=O) groups is 1. The highest BCUT2D eigenvalue weighted by Crippen LogP contribution is 2.22. The molecular weight excluding hydrogens is 276 g/mol. The fourth-order valence-corrected chi connectivity index (χ4v) is 2.70. The Morgan fingerprint density at radius 2 is 2.05 bits per heavy atom. The Bertz CT molecular complexity index is 461. The molecule has 1 aliphatic rings. The van der Waals surface area contributed by atoms with Crippen LogP contribution in [0.3, 0.4) is 0 Å². The first-order chi connectivity index (χ1) is 9.59. The van der Waals surface area contributed by atoms with E-state index in [-0.39, 0.29) is 11.9 Å². The van der Waals surface area contributed by atoms with Gasteiger partial charge in [0.05, 0.1) is 12.1 Å². The number of amides is 1. The van der Waals surface area contributed by atoms with Crippen LogP contribution in [0.25, 0.3) is 0 Å². The Balaban J connectivity index is 1.85. The minimum atomic E-state index is -0.711. The van der Waals surface area contributed by atoms with Crippen molar-refractivity contribution in [3.8, 4) is 0 Å². The predicted molar refractivity (Wildman–Crippen MR) is 79.7 cm³/mol. The van der Waals surface area contributed by atoms with E-state index in [0.29, 0.717) is 17.1 Å². The molecule has 20 heavy (non-hydrogen) atoms. The SMILES string of the molecule is CC(NCC(O)c1ccccc1Cl)C(=O)N1CCCC1. The molecule has 2 N–H and O–H groups in total. The third-order valence-corrected chi connectivity index (χ3v) is 4.01. The van der Waals surface area contributed by atoms with E-state index in [9.17, 15) is 9.90 Å². The molecule has 0 aliphatic carbocycles. The van der Waals surface area contributed by atoms with Crippen LogP contribution >= 0.6 is 11.6 Å². The van der Waals surface area contributed by atoms with Crippen molar-refractivity contribution >= 4 is 17.5 Å². The van der Waals surface area contributed by atoms with Crippen molar-refractivity contribution in [1.82, 2.24) is 10.2 Å². The molecule has 0 saturated carbocycles. The molecule has 4 nitrogen and oxygen atoms in total. The smallest absolute Gasteiger partial charge is 0.239 e. The normalized spacial score (nSPS) is 18.1. The lowest BCUT2D eigenvalue weighted by Crippen LogP contribution is -2.44. The van der Waals surface area contributed by atoms with Crippen molar-refractivity contribution in [2.45, 2.75) is 31.9 Å². The highest BCUT2D eigenvalue weighted by Gasteiger charge is 2.23. The lowest BCUT2D eigenvalue weighted by Gasteiger charge is -2.22. The third-order valence-electron chi connectivity index (χ3n) is 3.67. The van der Waals surface area contributed by atoms with E-state index in [1.807, 2.05) is 24.0 Å². The van der Waals surface area contributed by atoms with Crippen molar-refractivity contribution in [3.63, 3.8) is 0 Å². The summed E-state index contributed by atoms with van der Waals surface area (Å²) in [6.07, 6.45) is 1.46. The first kappa shape index (κ1) is 15.3. The quantitative estimate of drug-likeness (QED) is 0.873. The van der Waals surface area contributed by atoms with Crippen LogP contribution in [0.15, 0.2) is 24.3 Å². The van der Waals surface area contributed by atoms with Gasteiger partial charge in [0.25, 0.3) is 0 Å². The molecule has 0 bridgehead atoms. The number of halogens is 1. The molecule has 2 rings (SSSR count). The lowest BCUT2D eigenvalue weighted by atomic mass is 10.1. The van der Waals surface area contributed by atoms with Crippen molar-refractivity contribution < 1.29 is 9.90 Å². The molecular formula is C15H21ClN2O2. The van der Waals surface area contributed by atoms with Crippen LogP contribution in [0.2, 0.25) is 5.02 Å². The fourth-order valence-electron chi connectivity index (χ4n) is 2.44. The Hall–Kier alpha value is -1.10. The number of nitrogens with zero attached hydrogens (tertiary/aromatic N) is 1. The van der Waals surface area contributed by atoms with Crippen LogP contribution in [0.4, 0.5) is 0 Å². The summed E-state index contributed by atoms with van der Waals surface area (Å²) in [6, 6.07) is 6.92. The van der Waals surface area contributed by atoms with Crippen LogP contribution in [0, 0.1) is 0 Å². The van der Waals surface area contributed by atoms with E-state index in [2.05, 4.69) is 5.32 Å². The second-order valence-corrected chi connectivity index (χ2v) is 5.61. The van der Waals surface area contributed by atoms with Gasteiger partial charge in [-0.3, -0.25) is 4.79 Å². The molecule has 2 unspecified atom stereocenters. The molecule has 110 valence electrons. The molecule has 0 spiro atoms. The molecule has 1 aromatic carbocycles. The summed E-state index contributed by atoms with van der Waals surface area (Å²) in [6.45, 7) is 3.83. The molecule has 1 aromatic rings. The number of nitrogens with one attached hydrogen (secondary N) is 1. The second-order valence-electron chi connectivity index (χ2n) is 5.20. The number of aliphatic hydroxyl groups is 1. The standard InChI is InChI=1S/C15H21ClN2O2/c1-11(15(20)18-8-4-5-9-18)17-10-14(19)12-6-2-3-7-13(12)16/h2-3,6-7,11,14,17,19H,4-5,8-10H2,1H3. The van der Waals surface area contributed by atoms with Crippen molar-refractivity contribution in [2.24, 2.45) is 0 Å². The Kier molecular flexibility index (Phi) is 5.40. The molecule has 2 atom stereocenters. The van der Waals surface area contributed by atoms with Gasteiger partial charge >= 0.3 is 0 Å². The van der Waals surface area contributed by atoms with Crippen molar-refractivity contribution in [2.75, 3.05) is 19.6 Å². The highest BCUT2D eigenvalue weighted by atomic mass is 35.5. The van der Waals surface area contributed by atoms with Gasteiger partial charge in [-0.1, -0.05) is 29.8 Å². The number of carbonyl (C=O) groups excluding carboxylic acids is 1. The average molecular weight is 297 g/mol. The number of hydrogen-bond acceptors (Lipinski definition) is 3. The van der Waals surface area contributed by atoms with Gasteiger partial charge in [-0.2, -0.15) is 0 Å². The second kappa shape index (κ2) is 7.07. The minimum Gasteiger partial charge on any atom is -0.387 e. The van der Waals surface area contributed by atoms with Gasteiger partial charge in [-0.25, -0.2) is 0 Å². The van der Waals surface area contributed by atoms with Gasteiger partial charge in [0, 0.05) is 30.2 Å². The monoisotopic (exact) mass is 296 g/mol. The van der Waals surface area contributed by atoms with E-state index in [1.165, 1.54) is 0 Å². The molecule has 0 radical (unpaired) electrons.